The Labute approximate surface area is 151 Å². The molecule has 146 valence electrons. The van der Waals surface area contributed by atoms with Gasteiger partial charge in [-0.15, -0.1) is 0 Å². The van der Waals surface area contributed by atoms with E-state index in [2.05, 4.69) is 0 Å². The topological polar surface area (TPSA) is 49.9 Å². The van der Waals surface area contributed by atoms with Crippen molar-refractivity contribution in [2.45, 2.75) is 32.4 Å². The molecule has 0 saturated carbocycles. The maximum Gasteiger partial charge on any atom is 0.406 e. The minimum Gasteiger partial charge on any atom is -0.484 e. The molecule has 1 aromatic rings. The summed E-state index contributed by atoms with van der Waals surface area (Å²) in [6, 6.07) is 6.99. The van der Waals surface area contributed by atoms with Crippen LogP contribution in [-0.2, 0) is 15.0 Å². The van der Waals surface area contributed by atoms with E-state index in [0.717, 1.165) is 10.5 Å². The average Bonchev–Trinajstić information content (AvgIpc) is 2.50. The first-order chi connectivity index (χ1) is 11.8. The molecule has 0 aliphatic rings. The van der Waals surface area contributed by atoms with Crippen molar-refractivity contribution in [1.82, 2.24) is 9.80 Å². The third-order valence-corrected chi connectivity index (χ3v) is 3.63. The normalized spacial score (nSPS) is 11.8. The van der Waals surface area contributed by atoms with Crippen LogP contribution < -0.4 is 4.74 Å². The van der Waals surface area contributed by atoms with Crippen LogP contribution in [0.3, 0.4) is 0 Å². The highest BCUT2D eigenvalue weighted by Crippen LogP contribution is 2.24. The number of hydrogen-bond donors (Lipinski definition) is 0. The maximum absolute atomic E-state index is 12.7. The van der Waals surface area contributed by atoms with Crippen molar-refractivity contribution in [3.63, 3.8) is 0 Å². The van der Waals surface area contributed by atoms with Crippen LogP contribution in [0.4, 0.5) is 13.2 Å². The van der Waals surface area contributed by atoms with Crippen LogP contribution in [0.1, 0.15) is 26.3 Å². The summed E-state index contributed by atoms with van der Waals surface area (Å²) in [6.07, 6.45) is -4.60. The minimum absolute atomic E-state index is 0.0512. The van der Waals surface area contributed by atoms with Gasteiger partial charge in [0.25, 0.3) is 5.91 Å². The lowest BCUT2D eigenvalue weighted by atomic mass is 9.87. The van der Waals surface area contributed by atoms with Crippen LogP contribution in [-0.4, -0.2) is 61.6 Å². The van der Waals surface area contributed by atoms with Gasteiger partial charge in [-0.05, 0) is 23.1 Å². The zero-order valence-electron chi connectivity index (χ0n) is 15.7. The third-order valence-electron chi connectivity index (χ3n) is 3.63. The number of likely N-dealkylation sites (N-methyl/N-ethyl adjacent to an activating group) is 1. The fourth-order valence-corrected chi connectivity index (χ4v) is 2.04. The van der Waals surface area contributed by atoms with Crippen molar-refractivity contribution in [3.05, 3.63) is 29.8 Å². The fraction of sp³-hybridized carbons (Fsp3) is 0.556. The molecule has 0 atom stereocenters. The Hall–Kier alpha value is -2.25. The maximum atomic E-state index is 12.7. The Morgan fingerprint density at radius 3 is 1.96 bits per heavy atom. The number of amides is 2. The molecule has 0 fully saturated rings. The van der Waals surface area contributed by atoms with Crippen molar-refractivity contribution in [2.24, 2.45) is 0 Å². The molecule has 0 N–H and O–H groups in total. The van der Waals surface area contributed by atoms with Crippen LogP contribution in [0.2, 0.25) is 0 Å². The Morgan fingerprint density at radius 2 is 1.54 bits per heavy atom. The number of benzene rings is 1. The van der Waals surface area contributed by atoms with Gasteiger partial charge >= 0.3 is 6.18 Å². The molecule has 1 aromatic carbocycles. The lowest BCUT2D eigenvalue weighted by Crippen LogP contribution is -2.46. The number of halogens is 3. The number of rotatable bonds is 6. The predicted octanol–water partition coefficient (Wildman–Crippen LogP) is 2.84. The number of ether oxygens (including phenoxy) is 1. The summed E-state index contributed by atoms with van der Waals surface area (Å²) in [5.74, 6) is -1.13. The van der Waals surface area contributed by atoms with Crippen molar-refractivity contribution in [1.29, 1.82) is 0 Å². The fourth-order valence-electron chi connectivity index (χ4n) is 2.04. The highest BCUT2D eigenvalue weighted by molar-refractivity contribution is 5.85. The molecular weight excluding hydrogens is 349 g/mol. The lowest BCUT2D eigenvalue weighted by molar-refractivity contribution is -0.165. The van der Waals surface area contributed by atoms with E-state index >= 15 is 0 Å². The van der Waals surface area contributed by atoms with Gasteiger partial charge in [-0.25, -0.2) is 0 Å². The van der Waals surface area contributed by atoms with E-state index in [9.17, 15) is 22.8 Å². The summed E-state index contributed by atoms with van der Waals surface area (Å²) < 4.78 is 43.3. The minimum atomic E-state index is -4.60. The van der Waals surface area contributed by atoms with E-state index in [0.29, 0.717) is 10.6 Å². The number of alkyl halides is 3. The van der Waals surface area contributed by atoms with E-state index in [-0.39, 0.29) is 5.41 Å². The molecule has 1 rings (SSSR count). The second-order valence-electron chi connectivity index (χ2n) is 7.22. The molecule has 0 aliphatic heterocycles. The molecule has 5 nitrogen and oxygen atoms in total. The second-order valence-corrected chi connectivity index (χ2v) is 7.22. The summed E-state index contributed by atoms with van der Waals surface area (Å²) >= 11 is 0. The number of carbonyl (C=O) groups excluding carboxylic acids is 2. The quantitative estimate of drug-likeness (QED) is 0.769. The Morgan fingerprint density at radius 1 is 1.00 bits per heavy atom. The summed E-state index contributed by atoms with van der Waals surface area (Å²) in [5, 5.41) is 0. The molecule has 0 bridgehead atoms. The van der Waals surface area contributed by atoms with Crippen molar-refractivity contribution in [3.8, 4) is 5.75 Å². The Bertz CT molecular complexity index is 620. The van der Waals surface area contributed by atoms with E-state index in [4.69, 9.17) is 4.74 Å². The van der Waals surface area contributed by atoms with Gasteiger partial charge < -0.3 is 14.5 Å². The first-order valence-corrected chi connectivity index (χ1v) is 8.07. The molecule has 0 heterocycles. The molecule has 0 radical (unpaired) electrons. The number of hydrogen-bond acceptors (Lipinski definition) is 3. The zero-order valence-corrected chi connectivity index (χ0v) is 15.7. The molecule has 0 saturated heterocycles. The monoisotopic (exact) mass is 374 g/mol. The largest absolute Gasteiger partial charge is 0.484 e. The summed E-state index contributed by atoms with van der Waals surface area (Å²) in [4.78, 5) is 25.4. The van der Waals surface area contributed by atoms with Gasteiger partial charge in [0.15, 0.2) is 6.61 Å². The van der Waals surface area contributed by atoms with Gasteiger partial charge in [-0.1, -0.05) is 32.9 Å². The number of nitrogens with zero attached hydrogens (tertiary/aromatic N) is 2. The molecule has 0 aromatic heterocycles. The zero-order chi connectivity index (χ0) is 20.1. The van der Waals surface area contributed by atoms with Crippen molar-refractivity contribution < 1.29 is 27.5 Å². The lowest BCUT2D eigenvalue weighted by Gasteiger charge is -2.25. The van der Waals surface area contributed by atoms with E-state index < -0.39 is 37.7 Å². The standard InChI is InChI=1S/C18H25F3N2O3/c1-17(2,3)13-6-8-14(9-7-13)26-11-16(25)23(12-18(19,20)21)10-15(24)22(4)5/h6-9H,10-12H2,1-5H3. The first kappa shape index (κ1) is 21.8. The Balaban J connectivity index is 2.75. The van der Waals surface area contributed by atoms with Gasteiger partial charge in [-0.3, -0.25) is 9.59 Å². The molecule has 8 heteroatoms. The van der Waals surface area contributed by atoms with Gasteiger partial charge in [0.2, 0.25) is 5.91 Å². The van der Waals surface area contributed by atoms with Gasteiger partial charge in [0, 0.05) is 14.1 Å². The van der Waals surface area contributed by atoms with Gasteiger partial charge in [0.1, 0.15) is 18.8 Å². The van der Waals surface area contributed by atoms with E-state index in [1.807, 2.05) is 32.9 Å². The predicted molar refractivity (Wildman–Crippen MR) is 92.0 cm³/mol. The molecule has 0 unspecified atom stereocenters. The highest BCUT2D eigenvalue weighted by atomic mass is 19.4. The SMILES string of the molecule is CN(C)C(=O)CN(CC(F)(F)F)C(=O)COc1ccc(C(C)(C)C)cc1. The molecule has 2 amide bonds. The van der Waals surface area contributed by atoms with E-state index in [1.54, 1.807) is 12.1 Å². The van der Waals surface area contributed by atoms with Crippen molar-refractivity contribution in [2.75, 3.05) is 33.8 Å². The molecule has 26 heavy (non-hydrogen) atoms. The van der Waals surface area contributed by atoms with Crippen molar-refractivity contribution >= 4 is 11.8 Å². The summed E-state index contributed by atoms with van der Waals surface area (Å²) in [5.41, 5.74) is 1.01. The van der Waals surface area contributed by atoms with Crippen LogP contribution in [0, 0.1) is 0 Å². The van der Waals surface area contributed by atoms with Crippen LogP contribution in [0.25, 0.3) is 0 Å². The molecule has 0 spiro atoms. The van der Waals surface area contributed by atoms with Crippen LogP contribution >= 0.6 is 0 Å². The van der Waals surface area contributed by atoms with E-state index in [1.165, 1.54) is 14.1 Å². The van der Waals surface area contributed by atoms with Crippen LogP contribution in [0.15, 0.2) is 24.3 Å². The second kappa shape index (κ2) is 8.42. The highest BCUT2D eigenvalue weighted by Gasteiger charge is 2.34. The molecular formula is C18H25F3N2O3. The smallest absolute Gasteiger partial charge is 0.406 e. The average molecular weight is 374 g/mol. The summed E-state index contributed by atoms with van der Waals surface area (Å²) in [6.45, 7) is 3.40. The first-order valence-electron chi connectivity index (χ1n) is 8.07. The Kier molecular flexibility index (Phi) is 7.06. The number of carbonyl (C=O) groups is 2. The van der Waals surface area contributed by atoms with Gasteiger partial charge in [-0.2, -0.15) is 13.2 Å². The summed E-state index contributed by atoms with van der Waals surface area (Å²) in [7, 11) is 2.82. The van der Waals surface area contributed by atoms with Crippen LogP contribution in [0.5, 0.6) is 5.75 Å². The van der Waals surface area contributed by atoms with Gasteiger partial charge in [0.05, 0.1) is 0 Å². The third kappa shape index (κ3) is 7.33. The molecule has 0 aliphatic carbocycles.